The summed E-state index contributed by atoms with van der Waals surface area (Å²) in [6.45, 7) is 1.82. The summed E-state index contributed by atoms with van der Waals surface area (Å²) in [5.74, 6) is -1.53. The number of carboxylic acids is 1. The van der Waals surface area contributed by atoms with Gasteiger partial charge in [0.2, 0.25) is 0 Å². The third kappa shape index (κ3) is 3.18. The van der Waals surface area contributed by atoms with Crippen LogP contribution in [0, 0.1) is 5.82 Å². The van der Waals surface area contributed by atoms with E-state index in [2.05, 4.69) is 0 Å². The molecule has 15 heavy (non-hydrogen) atoms. The Morgan fingerprint density at radius 1 is 1.60 bits per heavy atom. The number of halogens is 2. The Kier molecular flexibility index (Phi) is 5.25. The maximum absolute atomic E-state index is 13.2. The van der Waals surface area contributed by atoms with Crippen LogP contribution in [-0.4, -0.2) is 11.1 Å². The van der Waals surface area contributed by atoms with E-state index in [1.807, 2.05) is 6.92 Å². The molecule has 0 aromatic heterocycles. The van der Waals surface area contributed by atoms with Crippen LogP contribution in [0.2, 0.25) is 0 Å². The zero-order valence-corrected chi connectivity index (χ0v) is 9.05. The maximum Gasteiger partial charge on any atom is 0.335 e. The molecule has 0 amide bonds. The highest BCUT2D eigenvalue weighted by atomic mass is 35.5. The molecule has 1 aromatic carbocycles. The molecule has 0 saturated heterocycles. The number of hydrogen-bond donors (Lipinski definition) is 2. The van der Waals surface area contributed by atoms with Crippen LogP contribution in [-0.2, 0) is 0 Å². The molecule has 1 aromatic rings. The van der Waals surface area contributed by atoms with Gasteiger partial charge in [-0.05, 0) is 24.6 Å². The standard InChI is InChI=1S/C10H12FNO2.ClH/c1-2-9(12)7-5-6(10(13)14)3-4-8(7)11;/h3-5,9H,2,12H2,1H3,(H,13,14);1H/t9-;/m0./s1. The first-order valence-electron chi connectivity index (χ1n) is 4.34. The van der Waals surface area contributed by atoms with Gasteiger partial charge in [0.15, 0.2) is 0 Å². The van der Waals surface area contributed by atoms with Crippen LogP contribution in [0.1, 0.15) is 35.3 Å². The predicted molar refractivity (Wildman–Crippen MR) is 57.8 cm³/mol. The van der Waals surface area contributed by atoms with Crippen LogP contribution in [0.3, 0.4) is 0 Å². The van der Waals surface area contributed by atoms with E-state index in [9.17, 15) is 9.18 Å². The van der Waals surface area contributed by atoms with E-state index in [0.29, 0.717) is 6.42 Å². The molecule has 0 bridgehead atoms. The maximum atomic E-state index is 13.2. The van der Waals surface area contributed by atoms with Gasteiger partial charge < -0.3 is 10.8 Å². The molecule has 3 N–H and O–H groups in total. The SMILES string of the molecule is CC[C@H](N)c1cc(C(=O)O)ccc1F.Cl. The monoisotopic (exact) mass is 233 g/mol. The Bertz CT molecular complexity index is 357. The van der Waals surface area contributed by atoms with Crippen molar-refractivity contribution in [2.75, 3.05) is 0 Å². The van der Waals surface area contributed by atoms with Crippen LogP contribution >= 0.6 is 12.4 Å². The summed E-state index contributed by atoms with van der Waals surface area (Å²) >= 11 is 0. The molecular weight excluding hydrogens is 221 g/mol. The number of rotatable bonds is 3. The zero-order chi connectivity index (χ0) is 10.7. The minimum atomic E-state index is -1.07. The molecule has 84 valence electrons. The van der Waals surface area contributed by atoms with Gasteiger partial charge in [-0.2, -0.15) is 0 Å². The van der Waals surface area contributed by atoms with Gasteiger partial charge in [0.05, 0.1) is 5.56 Å². The summed E-state index contributed by atoms with van der Waals surface area (Å²) < 4.78 is 13.2. The second-order valence-corrected chi connectivity index (χ2v) is 3.06. The van der Waals surface area contributed by atoms with Crippen molar-refractivity contribution < 1.29 is 14.3 Å². The van der Waals surface area contributed by atoms with E-state index < -0.39 is 17.8 Å². The Morgan fingerprint density at radius 2 is 2.20 bits per heavy atom. The number of hydrogen-bond acceptors (Lipinski definition) is 2. The molecule has 0 spiro atoms. The summed E-state index contributed by atoms with van der Waals surface area (Å²) in [5, 5.41) is 8.69. The number of carboxylic acid groups (broad SMARTS) is 1. The smallest absolute Gasteiger partial charge is 0.335 e. The molecule has 0 aliphatic rings. The lowest BCUT2D eigenvalue weighted by Gasteiger charge is -2.10. The molecule has 1 atom stereocenters. The first-order chi connectivity index (χ1) is 6.56. The molecule has 0 fully saturated rings. The van der Waals surface area contributed by atoms with Crippen LogP contribution in [0.4, 0.5) is 4.39 Å². The van der Waals surface area contributed by atoms with Crippen molar-refractivity contribution in [3.8, 4) is 0 Å². The third-order valence-corrected chi connectivity index (χ3v) is 2.08. The molecule has 0 radical (unpaired) electrons. The molecule has 0 unspecified atom stereocenters. The quantitative estimate of drug-likeness (QED) is 0.843. The largest absolute Gasteiger partial charge is 0.478 e. The molecule has 0 saturated carbocycles. The zero-order valence-electron chi connectivity index (χ0n) is 8.24. The summed E-state index contributed by atoms with van der Waals surface area (Å²) in [5.41, 5.74) is 5.95. The van der Waals surface area contributed by atoms with Gasteiger partial charge in [0.1, 0.15) is 5.82 Å². The van der Waals surface area contributed by atoms with E-state index >= 15 is 0 Å². The van der Waals surface area contributed by atoms with Gasteiger partial charge in [0.25, 0.3) is 0 Å². The topological polar surface area (TPSA) is 63.3 Å². The number of aromatic carboxylic acids is 1. The second kappa shape index (κ2) is 5.68. The van der Waals surface area contributed by atoms with E-state index in [1.54, 1.807) is 0 Å². The third-order valence-electron chi connectivity index (χ3n) is 2.08. The summed E-state index contributed by atoms with van der Waals surface area (Å²) in [6.07, 6.45) is 0.569. The fourth-order valence-corrected chi connectivity index (χ4v) is 1.18. The molecular formula is C10H13ClFNO2. The van der Waals surface area contributed by atoms with E-state index in [4.69, 9.17) is 10.8 Å². The lowest BCUT2D eigenvalue weighted by molar-refractivity contribution is 0.0696. The highest BCUT2D eigenvalue weighted by Crippen LogP contribution is 2.19. The number of nitrogens with two attached hydrogens (primary N) is 1. The molecule has 3 nitrogen and oxygen atoms in total. The first-order valence-corrected chi connectivity index (χ1v) is 4.34. The lowest BCUT2D eigenvalue weighted by atomic mass is 10.0. The van der Waals surface area contributed by atoms with Crippen molar-refractivity contribution in [3.05, 3.63) is 35.1 Å². The van der Waals surface area contributed by atoms with Crippen LogP contribution in [0.5, 0.6) is 0 Å². The van der Waals surface area contributed by atoms with Crippen LogP contribution in [0.15, 0.2) is 18.2 Å². The van der Waals surface area contributed by atoms with Crippen molar-refractivity contribution in [1.29, 1.82) is 0 Å². The van der Waals surface area contributed by atoms with Gasteiger partial charge >= 0.3 is 5.97 Å². The van der Waals surface area contributed by atoms with Crippen molar-refractivity contribution >= 4 is 18.4 Å². The average molecular weight is 234 g/mol. The Hall–Kier alpha value is -1.13. The molecule has 0 aliphatic heterocycles. The van der Waals surface area contributed by atoms with Crippen molar-refractivity contribution in [1.82, 2.24) is 0 Å². The van der Waals surface area contributed by atoms with Crippen molar-refractivity contribution in [2.45, 2.75) is 19.4 Å². The van der Waals surface area contributed by atoms with E-state index in [1.165, 1.54) is 12.1 Å². The van der Waals surface area contributed by atoms with Crippen LogP contribution < -0.4 is 5.73 Å². The van der Waals surface area contributed by atoms with Gasteiger partial charge in [-0.1, -0.05) is 6.92 Å². The van der Waals surface area contributed by atoms with Crippen molar-refractivity contribution in [3.63, 3.8) is 0 Å². The average Bonchev–Trinajstić information content (AvgIpc) is 2.17. The normalized spacial score (nSPS) is 11.7. The minimum Gasteiger partial charge on any atom is -0.478 e. The minimum absolute atomic E-state index is 0. The van der Waals surface area contributed by atoms with Gasteiger partial charge in [-0.3, -0.25) is 0 Å². The van der Waals surface area contributed by atoms with E-state index in [0.717, 1.165) is 6.07 Å². The van der Waals surface area contributed by atoms with Crippen molar-refractivity contribution in [2.24, 2.45) is 5.73 Å². The highest BCUT2D eigenvalue weighted by Gasteiger charge is 2.12. The molecule has 0 heterocycles. The van der Waals surface area contributed by atoms with E-state index in [-0.39, 0.29) is 23.5 Å². The van der Waals surface area contributed by atoms with Gasteiger partial charge in [-0.25, -0.2) is 9.18 Å². The number of benzene rings is 1. The fraction of sp³-hybridized carbons (Fsp3) is 0.300. The summed E-state index contributed by atoms with van der Waals surface area (Å²) in [7, 11) is 0. The second-order valence-electron chi connectivity index (χ2n) is 3.06. The highest BCUT2D eigenvalue weighted by molar-refractivity contribution is 5.87. The predicted octanol–water partition coefficient (Wildman–Crippen LogP) is 2.36. The number of carbonyl (C=O) groups is 1. The Labute approximate surface area is 93.5 Å². The lowest BCUT2D eigenvalue weighted by Crippen LogP contribution is -2.12. The Morgan fingerprint density at radius 3 is 2.67 bits per heavy atom. The molecule has 1 rings (SSSR count). The summed E-state index contributed by atoms with van der Waals surface area (Å²) in [4.78, 5) is 10.6. The Balaban J connectivity index is 0.00000196. The first kappa shape index (κ1) is 13.9. The van der Waals surface area contributed by atoms with Crippen LogP contribution in [0.25, 0.3) is 0 Å². The molecule has 0 aliphatic carbocycles. The summed E-state index contributed by atoms with van der Waals surface area (Å²) in [6, 6.07) is 3.19. The van der Waals surface area contributed by atoms with Gasteiger partial charge in [-0.15, -0.1) is 12.4 Å². The molecule has 5 heteroatoms. The fourth-order valence-electron chi connectivity index (χ4n) is 1.18. The van der Waals surface area contributed by atoms with Gasteiger partial charge in [0, 0.05) is 11.6 Å².